The van der Waals surface area contributed by atoms with Crippen LogP contribution in [0.5, 0.6) is 5.75 Å². The van der Waals surface area contributed by atoms with Crippen molar-refractivity contribution in [2.75, 3.05) is 26.4 Å². The van der Waals surface area contributed by atoms with E-state index in [2.05, 4.69) is 19.7 Å². The van der Waals surface area contributed by atoms with Crippen molar-refractivity contribution < 1.29 is 72.5 Å². The zero-order valence-electron chi connectivity index (χ0n) is 49.1. The Bertz CT molecular complexity index is 3500. The van der Waals surface area contributed by atoms with Gasteiger partial charge in [-0.25, -0.2) is 14.4 Å². The molecule has 5 aromatic rings. The van der Waals surface area contributed by atoms with E-state index in [9.17, 15) is 49.2 Å². The third-order valence-corrected chi connectivity index (χ3v) is 15.6. The Labute approximate surface area is 516 Å². The smallest absolute Gasteiger partial charge is 0.344 e. The number of fused-ring (bicyclic) bond motifs is 3. The number of rotatable bonds is 28. The largest absolute Gasteiger partial charge is 0.493 e. The van der Waals surface area contributed by atoms with E-state index in [1.165, 1.54) is 17.8 Å². The van der Waals surface area contributed by atoms with Gasteiger partial charge in [0.25, 0.3) is 0 Å². The number of ether oxygens (including phenoxy) is 5. The molecule has 9 rings (SSSR count). The van der Waals surface area contributed by atoms with Gasteiger partial charge in [-0.05, 0) is 116 Å². The van der Waals surface area contributed by atoms with Crippen molar-refractivity contribution in [2.24, 2.45) is 11.8 Å². The Morgan fingerprint density at radius 1 is 0.636 bits per heavy atom. The predicted molar refractivity (Wildman–Crippen MR) is 339 cm³/mol. The maximum atomic E-state index is 12.5. The number of ketones is 2. The van der Waals surface area contributed by atoms with E-state index in [1.54, 1.807) is 37.3 Å². The van der Waals surface area contributed by atoms with E-state index in [1.807, 2.05) is 134 Å². The van der Waals surface area contributed by atoms with Crippen LogP contribution in [0.2, 0.25) is 0 Å². The first kappa shape index (κ1) is 66.8. The van der Waals surface area contributed by atoms with E-state index in [0.29, 0.717) is 84.7 Å². The Kier molecular flexibility index (Phi) is 25.8. The summed E-state index contributed by atoms with van der Waals surface area (Å²) in [6.07, 6.45) is 16.6. The lowest BCUT2D eigenvalue weighted by atomic mass is 9.90. The van der Waals surface area contributed by atoms with Crippen LogP contribution in [0.4, 0.5) is 0 Å². The highest BCUT2D eigenvalue weighted by molar-refractivity contribution is 8.15. The van der Waals surface area contributed by atoms with E-state index in [0.717, 1.165) is 33.7 Å². The molecule has 16 nitrogen and oxygen atoms in total. The molecule has 0 spiro atoms. The molecule has 1 aromatic heterocycles. The molecule has 8 atom stereocenters. The number of hydrogen-bond donors (Lipinski definition) is 4. The zero-order valence-corrected chi connectivity index (χ0v) is 49.9. The number of aliphatic hydroxyl groups excluding tert-OH is 4. The third-order valence-electron chi connectivity index (χ3n) is 14.4. The van der Waals surface area contributed by atoms with Crippen LogP contribution in [0.25, 0.3) is 33.2 Å². The van der Waals surface area contributed by atoms with Crippen LogP contribution in [0.3, 0.4) is 0 Å². The highest BCUT2D eigenvalue weighted by Crippen LogP contribution is 2.40. The van der Waals surface area contributed by atoms with Crippen LogP contribution in [-0.2, 0) is 42.9 Å². The summed E-state index contributed by atoms with van der Waals surface area (Å²) in [4.78, 5) is 71.0. The molecule has 0 amide bonds. The number of Topliss-reactive ketones (excluding diaryl/α,β-unsaturated/α-hetero) is 1. The number of carbonyl (C=O) groups excluding carboxylic acids is 5. The van der Waals surface area contributed by atoms with Gasteiger partial charge in [-0.15, -0.1) is 0 Å². The van der Waals surface area contributed by atoms with Gasteiger partial charge < -0.3 is 48.5 Å². The van der Waals surface area contributed by atoms with Crippen LogP contribution in [0, 0.1) is 11.8 Å². The van der Waals surface area contributed by atoms with Crippen molar-refractivity contribution in [1.82, 2.24) is 0 Å². The van der Waals surface area contributed by atoms with Crippen molar-refractivity contribution in [1.29, 1.82) is 0 Å². The first-order valence-electron chi connectivity index (χ1n) is 29.1. The van der Waals surface area contributed by atoms with Crippen molar-refractivity contribution in [3.05, 3.63) is 234 Å². The fourth-order valence-electron chi connectivity index (χ4n) is 9.43. The summed E-state index contributed by atoms with van der Waals surface area (Å²) < 4.78 is 32.9. The molecule has 0 fully saturated rings. The Morgan fingerprint density at radius 3 is 1.82 bits per heavy atom. The molecule has 0 saturated heterocycles. The van der Waals surface area contributed by atoms with Crippen molar-refractivity contribution in [3.63, 3.8) is 0 Å². The monoisotopic (exact) mass is 1210 g/mol. The van der Waals surface area contributed by atoms with Gasteiger partial charge in [0.05, 0.1) is 48.8 Å². The summed E-state index contributed by atoms with van der Waals surface area (Å²) in [6, 6.07) is 35.5. The molecular formula is C71H74O16S. The first-order valence-corrected chi connectivity index (χ1v) is 30.0. The van der Waals surface area contributed by atoms with Crippen LogP contribution in [-0.4, -0.2) is 111 Å². The van der Waals surface area contributed by atoms with Crippen LogP contribution in [0.1, 0.15) is 69.4 Å². The molecule has 17 heteroatoms. The normalized spacial score (nSPS) is 18.6. The summed E-state index contributed by atoms with van der Waals surface area (Å²) >= 11 is 1.30. The minimum absolute atomic E-state index is 0.0119. The molecule has 3 heterocycles. The standard InChI is InChI=1S/C26H28O7.C23H24O4S.C22H22O5/c1-2-25(29)32-15-7-11-23(28)22(27)10-6-14-31-20-13-12-19-16-21(18-8-4-3-5-9-18)26(30)33-24(19)17-20;1-15(2)21(25)11-9-18(24)14-27-19-10-8-17-12-20(16-6-4-3-5-7-16)23(26)28-22(17)13-19;1-2-17(23)9-10-18(24)14-26-19-11-8-16-12-20(15-6-4-3-5-7-15)22(25)27-21(16)13-19/h2-5,8-9,12-13,16-17,22-23,27-28H,1,6-7,10-11,14-15H2;3-8,10,12-13,17-18,22,24H,1,9,11,14H2,2H3;2-8,11-13,16,18,21,24H,1,9-10,14H2. The topological polar surface area (TPSA) is 243 Å². The average molecular weight is 1220 g/mol. The fraction of sp³-hybridized carbons (Fsp3) is 0.296. The molecule has 460 valence electrons. The number of allylic oxidation sites excluding steroid dienone is 6. The van der Waals surface area contributed by atoms with Crippen molar-refractivity contribution in [3.8, 4) is 16.9 Å². The molecule has 0 radical (unpaired) electrons. The predicted octanol–water partition coefficient (Wildman–Crippen LogP) is 10.9. The summed E-state index contributed by atoms with van der Waals surface area (Å²) in [5.41, 5.74) is 4.89. The van der Waals surface area contributed by atoms with E-state index in [-0.39, 0.29) is 72.4 Å². The van der Waals surface area contributed by atoms with Crippen LogP contribution in [0.15, 0.2) is 222 Å². The fourth-order valence-corrected chi connectivity index (χ4v) is 10.5. The van der Waals surface area contributed by atoms with Gasteiger partial charge >= 0.3 is 17.6 Å². The number of thioether (sulfide) groups is 1. The number of benzene rings is 4. The molecular weight excluding hydrogens is 1140 g/mol. The summed E-state index contributed by atoms with van der Waals surface area (Å²) in [5.74, 6) is 0.780. The molecule has 88 heavy (non-hydrogen) atoms. The van der Waals surface area contributed by atoms with Gasteiger partial charge in [-0.3, -0.25) is 14.4 Å². The van der Waals surface area contributed by atoms with E-state index < -0.39 is 42.1 Å². The summed E-state index contributed by atoms with van der Waals surface area (Å²) in [7, 11) is 0. The minimum atomic E-state index is -0.902. The molecule has 2 aliphatic carbocycles. The lowest BCUT2D eigenvalue weighted by Crippen LogP contribution is -2.30. The van der Waals surface area contributed by atoms with Gasteiger partial charge in [0.2, 0.25) is 5.12 Å². The van der Waals surface area contributed by atoms with E-state index >= 15 is 0 Å². The van der Waals surface area contributed by atoms with Gasteiger partial charge in [0.15, 0.2) is 11.6 Å². The maximum absolute atomic E-state index is 12.5. The number of aliphatic hydroxyl groups is 4. The second-order valence-electron chi connectivity index (χ2n) is 21.2. The third kappa shape index (κ3) is 20.5. The lowest BCUT2D eigenvalue weighted by molar-refractivity contribution is -0.142. The van der Waals surface area contributed by atoms with Crippen LogP contribution >= 0.6 is 11.8 Å². The number of esters is 2. The van der Waals surface area contributed by atoms with E-state index in [4.69, 9.17) is 28.1 Å². The molecule has 8 unspecified atom stereocenters. The zero-order chi connectivity index (χ0) is 63.0. The van der Waals surface area contributed by atoms with Crippen molar-refractivity contribution in [2.45, 2.75) is 94.1 Å². The maximum Gasteiger partial charge on any atom is 0.344 e. The van der Waals surface area contributed by atoms with Gasteiger partial charge in [-0.1, -0.05) is 147 Å². The molecule has 4 aromatic carbocycles. The summed E-state index contributed by atoms with van der Waals surface area (Å²) in [6.45, 7) is 12.7. The second kappa shape index (κ2) is 34.0. The van der Waals surface area contributed by atoms with Crippen molar-refractivity contribution >= 4 is 62.5 Å². The minimum Gasteiger partial charge on any atom is -0.493 e. The highest BCUT2D eigenvalue weighted by atomic mass is 32.2. The molecule has 4 N–H and O–H groups in total. The molecule has 0 saturated carbocycles. The average Bonchev–Trinajstić information content (AvgIpc) is 1.39. The van der Waals surface area contributed by atoms with Gasteiger partial charge in [-0.2, -0.15) is 0 Å². The molecule has 4 aliphatic rings. The van der Waals surface area contributed by atoms with Crippen LogP contribution < -0.4 is 10.4 Å². The second-order valence-corrected chi connectivity index (χ2v) is 22.3. The molecule has 0 bridgehead atoms. The first-order chi connectivity index (χ1) is 42.5. The highest BCUT2D eigenvalue weighted by Gasteiger charge is 2.33. The lowest BCUT2D eigenvalue weighted by Gasteiger charge is -2.29. The Morgan fingerprint density at radius 2 is 1.20 bits per heavy atom. The van der Waals surface area contributed by atoms with Gasteiger partial charge in [0.1, 0.15) is 42.2 Å². The summed E-state index contributed by atoms with van der Waals surface area (Å²) in [5, 5.41) is 40.8. The number of carbonyl (C=O) groups is 5. The quantitative estimate of drug-likeness (QED) is 0.0157. The Balaban J connectivity index is 0.000000189. The Hall–Kier alpha value is -8.71. The number of hydrogen-bond acceptors (Lipinski definition) is 17. The van der Waals surface area contributed by atoms with Gasteiger partial charge in [0, 0.05) is 53.0 Å². The SMILES string of the molecule is C=C(C)C(=O)CCC(O)COC1=CC2SC(=O)C(c3ccccc3)=CC2C=C1.C=CC(=O)CCC(O)COC1=CC2OC(=O)C(c3ccccc3)=CC2C=C1.C=CC(=O)OCCCC(O)C(O)CCCOc1ccc2cc(-c3ccccc3)c(=O)oc2c1. The molecule has 2 aliphatic heterocycles.